The van der Waals surface area contributed by atoms with Gasteiger partial charge in [-0.1, -0.05) is 36.4 Å². The third-order valence-electron chi connectivity index (χ3n) is 5.74. The van der Waals surface area contributed by atoms with Gasteiger partial charge in [0, 0.05) is 23.9 Å². The minimum absolute atomic E-state index is 0.118. The maximum atomic E-state index is 14.6. The molecule has 2 amide bonds. The lowest BCUT2D eigenvalue weighted by molar-refractivity contribution is -0.120. The van der Waals surface area contributed by atoms with Gasteiger partial charge in [-0.2, -0.15) is 0 Å². The number of benzene rings is 3. The van der Waals surface area contributed by atoms with Gasteiger partial charge < -0.3 is 9.64 Å². The van der Waals surface area contributed by atoms with Crippen molar-refractivity contribution in [2.24, 2.45) is 0 Å². The molecule has 0 unspecified atom stereocenters. The fourth-order valence-electron chi connectivity index (χ4n) is 4.31. The van der Waals surface area contributed by atoms with Gasteiger partial charge in [0.2, 0.25) is 0 Å². The van der Waals surface area contributed by atoms with Crippen LogP contribution in [0.15, 0.2) is 72.4 Å². The number of rotatable bonds is 4. The predicted octanol–water partition coefficient (Wildman–Crippen LogP) is 4.32. The monoisotopic (exact) mass is 432 g/mol. The smallest absolute Gasteiger partial charge is 0.282 e. The number of carbonyl (C=O) groups excluding carboxylic acids is 2. The first kappa shape index (κ1) is 19.9. The maximum Gasteiger partial charge on any atom is 0.282 e. The van der Waals surface area contributed by atoms with E-state index in [0.717, 1.165) is 28.3 Å². The lowest BCUT2D eigenvalue weighted by Gasteiger charge is -2.22. The Balaban J connectivity index is 1.73. The molecule has 2 aliphatic heterocycles. The van der Waals surface area contributed by atoms with Crippen LogP contribution in [0.25, 0.3) is 5.57 Å². The molecule has 0 aromatic heterocycles. The van der Waals surface area contributed by atoms with Crippen LogP contribution in [0.2, 0.25) is 0 Å². The van der Waals surface area contributed by atoms with Crippen LogP contribution in [0.5, 0.6) is 5.75 Å². The Labute approximate surface area is 183 Å². The maximum absolute atomic E-state index is 14.6. The van der Waals surface area contributed by atoms with E-state index in [2.05, 4.69) is 0 Å². The summed E-state index contributed by atoms with van der Waals surface area (Å²) >= 11 is 0. The molecule has 32 heavy (non-hydrogen) atoms. The van der Waals surface area contributed by atoms with E-state index in [4.69, 9.17) is 4.74 Å². The van der Waals surface area contributed by atoms with Gasteiger partial charge in [0.15, 0.2) is 0 Å². The number of amides is 2. The molecule has 0 saturated heterocycles. The second-order valence-corrected chi connectivity index (χ2v) is 7.50. The minimum atomic E-state index is -0.992. The summed E-state index contributed by atoms with van der Waals surface area (Å²) in [6.07, 6.45) is 0.700. The van der Waals surface area contributed by atoms with Gasteiger partial charge in [-0.15, -0.1) is 0 Å². The predicted molar refractivity (Wildman–Crippen MR) is 116 cm³/mol. The van der Waals surface area contributed by atoms with Crippen LogP contribution in [0.1, 0.15) is 11.1 Å². The molecule has 0 spiro atoms. The lowest BCUT2D eigenvalue weighted by atomic mass is 10.0. The van der Waals surface area contributed by atoms with Crippen molar-refractivity contribution in [3.05, 3.63) is 95.2 Å². The second kappa shape index (κ2) is 7.60. The van der Waals surface area contributed by atoms with Crippen LogP contribution in [-0.4, -0.2) is 25.5 Å². The van der Waals surface area contributed by atoms with Crippen LogP contribution in [0.3, 0.4) is 0 Å². The van der Waals surface area contributed by atoms with Crippen LogP contribution in [-0.2, 0) is 16.0 Å². The topological polar surface area (TPSA) is 49.9 Å². The largest absolute Gasteiger partial charge is 0.496 e. The Morgan fingerprint density at radius 1 is 0.875 bits per heavy atom. The molecule has 0 N–H and O–H groups in total. The van der Waals surface area contributed by atoms with E-state index in [1.165, 1.54) is 7.11 Å². The summed E-state index contributed by atoms with van der Waals surface area (Å²) in [4.78, 5) is 29.8. The number of para-hydroxylation sites is 2. The molecule has 2 heterocycles. The summed E-state index contributed by atoms with van der Waals surface area (Å²) in [5, 5.41) is 0. The van der Waals surface area contributed by atoms with E-state index in [1.807, 2.05) is 24.3 Å². The van der Waals surface area contributed by atoms with Crippen molar-refractivity contribution in [1.82, 2.24) is 0 Å². The van der Waals surface area contributed by atoms with Crippen LogP contribution < -0.4 is 14.5 Å². The highest BCUT2D eigenvalue weighted by molar-refractivity contribution is 6.46. The summed E-state index contributed by atoms with van der Waals surface area (Å²) in [5.41, 5.74) is 2.26. The molecule has 7 heteroatoms. The first-order chi connectivity index (χ1) is 15.5. The number of methoxy groups -OCH3 is 1. The van der Waals surface area contributed by atoms with Crippen molar-refractivity contribution in [1.29, 1.82) is 0 Å². The Morgan fingerprint density at radius 2 is 1.62 bits per heavy atom. The average molecular weight is 432 g/mol. The Bertz CT molecular complexity index is 1300. The molecule has 0 atom stereocenters. The molecule has 2 aliphatic rings. The van der Waals surface area contributed by atoms with Gasteiger partial charge in [0.1, 0.15) is 23.1 Å². The third kappa shape index (κ3) is 2.97. The molecule has 0 fully saturated rings. The van der Waals surface area contributed by atoms with E-state index in [-0.39, 0.29) is 17.0 Å². The van der Waals surface area contributed by atoms with Gasteiger partial charge in [-0.25, -0.2) is 13.7 Å². The Hall–Kier alpha value is -4.00. The average Bonchev–Trinajstić information content (AvgIpc) is 3.32. The molecule has 160 valence electrons. The van der Waals surface area contributed by atoms with Crippen LogP contribution >= 0.6 is 0 Å². The highest BCUT2D eigenvalue weighted by atomic mass is 19.1. The number of nitrogens with zero attached hydrogens (tertiary/aromatic N) is 2. The van der Waals surface area contributed by atoms with Crippen LogP contribution in [0.4, 0.5) is 20.2 Å². The number of imide groups is 1. The molecule has 3 aromatic carbocycles. The molecule has 0 aliphatic carbocycles. The summed E-state index contributed by atoms with van der Waals surface area (Å²) < 4.78 is 33.6. The molecule has 3 aromatic rings. The normalized spacial score (nSPS) is 15.6. The molecule has 0 radical (unpaired) electrons. The first-order valence-electron chi connectivity index (χ1n) is 10.1. The Morgan fingerprint density at radius 3 is 2.41 bits per heavy atom. The number of ether oxygens (including phenoxy) is 1. The van der Waals surface area contributed by atoms with Crippen molar-refractivity contribution in [2.75, 3.05) is 23.5 Å². The number of hydrogen-bond acceptors (Lipinski definition) is 4. The van der Waals surface area contributed by atoms with E-state index in [9.17, 15) is 18.4 Å². The second-order valence-electron chi connectivity index (χ2n) is 7.50. The summed E-state index contributed by atoms with van der Waals surface area (Å²) in [7, 11) is 1.48. The van der Waals surface area contributed by atoms with Crippen molar-refractivity contribution in [2.45, 2.75) is 6.42 Å². The number of anilines is 2. The standard InChI is InChI=1S/C25H18F2N2O3/c1-32-21-9-5-3-7-17(21)22-23(28-13-12-15-6-2-4-8-19(15)28)25(31)29(24(22)30)20-11-10-16(26)14-18(20)27/h2-11,14H,12-13H2,1H3. The Kier molecular flexibility index (Phi) is 4.74. The summed E-state index contributed by atoms with van der Waals surface area (Å²) in [6.45, 7) is 0.492. The van der Waals surface area contributed by atoms with Crippen molar-refractivity contribution >= 4 is 28.8 Å². The molecular weight excluding hydrogens is 414 g/mol. The van der Waals surface area contributed by atoms with Gasteiger partial charge in [-0.05, 0) is 36.2 Å². The molecule has 0 bridgehead atoms. The third-order valence-corrected chi connectivity index (χ3v) is 5.74. The van der Waals surface area contributed by atoms with Crippen molar-refractivity contribution in [3.63, 3.8) is 0 Å². The lowest BCUT2D eigenvalue weighted by Crippen LogP contribution is -2.35. The van der Waals surface area contributed by atoms with Gasteiger partial charge in [0.25, 0.3) is 11.8 Å². The minimum Gasteiger partial charge on any atom is -0.496 e. The SMILES string of the molecule is COc1ccccc1C1=C(N2CCc3ccccc32)C(=O)N(c2ccc(F)cc2F)C1=O. The summed E-state index contributed by atoms with van der Waals surface area (Å²) in [5.74, 6) is -2.73. The molecule has 5 rings (SSSR count). The van der Waals surface area contributed by atoms with Crippen LogP contribution in [0, 0.1) is 11.6 Å². The van der Waals surface area contributed by atoms with Gasteiger partial charge >= 0.3 is 0 Å². The zero-order valence-corrected chi connectivity index (χ0v) is 17.1. The van der Waals surface area contributed by atoms with E-state index >= 15 is 0 Å². The highest BCUT2D eigenvalue weighted by Gasteiger charge is 2.45. The number of fused-ring (bicyclic) bond motifs is 1. The zero-order valence-electron chi connectivity index (χ0n) is 17.1. The molecule has 5 nitrogen and oxygen atoms in total. The zero-order chi connectivity index (χ0) is 22.4. The van der Waals surface area contributed by atoms with E-state index in [1.54, 1.807) is 29.2 Å². The number of carbonyl (C=O) groups is 2. The molecule has 0 saturated carbocycles. The van der Waals surface area contributed by atoms with Gasteiger partial charge in [-0.3, -0.25) is 9.59 Å². The number of hydrogen-bond donors (Lipinski definition) is 0. The summed E-state index contributed by atoms with van der Waals surface area (Å²) in [6, 6.07) is 17.3. The highest BCUT2D eigenvalue weighted by Crippen LogP contribution is 2.42. The van der Waals surface area contributed by atoms with Crippen molar-refractivity contribution in [3.8, 4) is 5.75 Å². The number of halogens is 2. The quantitative estimate of drug-likeness (QED) is 0.577. The fourth-order valence-corrected chi connectivity index (χ4v) is 4.31. The first-order valence-corrected chi connectivity index (χ1v) is 10.1. The fraction of sp³-hybridized carbons (Fsp3) is 0.120. The van der Waals surface area contributed by atoms with E-state index in [0.29, 0.717) is 30.3 Å². The van der Waals surface area contributed by atoms with Gasteiger partial charge in [0.05, 0.1) is 18.4 Å². The molecular formula is C25H18F2N2O3. The van der Waals surface area contributed by atoms with Crippen molar-refractivity contribution < 1.29 is 23.1 Å². The van der Waals surface area contributed by atoms with E-state index < -0.39 is 23.4 Å².